The molecule has 8 rings (SSSR count). The molecule has 1 amide bonds. The Hall–Kier alpha value is -4.43. The highest BCUT2D eigenvalue weighted by Crippen LogP contribution is 2.44. The number of piperazine rings is 2. The molecule has 0 bridgehead atoms. The van der Waals surface area contributed by atoms with Gasteiger partial charge >= 0.3 is 5.51 Å². The Balaban J connectivity index is 0.927. The van der Waals surface area contributed by atoms with Gasteiger partial charge in [0.25, 0.3) is 25.8 Å². The molecule has 0 radical (unpaired) electrons. The van der Waals surface area contributed by atoms with Crippen molar-refractivity contribution in [2.75, 3.05) is 81.4 Å². The van der Waals surface area contributed by atoms with Gasteiger partial charge in [-0.1, -0.05) is 43.7 Å². The zero-order valence-corrected chi connectivity index (χ0v) is 44.4. The van der Waals surface area contributed by atoms with Crippen LogP contribution in [0.2, 0.25) is 0 Å². The third-order valence-electron chi connectivity index (χ3n) is 14.0. The average Bonchev–Trinajstić information content (AvgIpc) is 3.80. The first-order valence-electron chi connectivity index (χ1n) is 24.2. The van der Waals surface area contributed by atoms with Gasteiger partial charge in [0, 0.05) is 104 Å². The SMILES string of the molecule is CC1(C)CCC(c2ccc3sccc3c2)=C(CN2CCN(c3ccc(C(=O)NS(=O)(=O)c4ccc(NC(CCN5CCN(C(C)(C)C)CC5)CSc5ccccc5)c(S(=O)(=O)C(F)(F)F)c4)cc3)CC2)C1. The van der Waals surface area contributed by atoms with Crippen molar-refractivity contribution in [3.8, 4) is 0 Å². The van der Waals surface area contributed by atoms with E-state index in [0.29, 0.717) is 24.8 Å². The summed E-state index contributed by atoms with van der Waals surface area (Å²) in [6, 6.07) is 27.0. The molecule has 5 aromatic rings. The molecular formula is C53H65F3N6O5S4. The third-order valence-corrected chi connectivity index (χ3v) is 18.9. The number of halogens is 3. The summed E-state index contributed by atoms with van der Waals surface area (Å²) in [5, 5.41) is 6.47. The smallest absolute Gasteiger partial charge is 0.380 e. The second-order valence-corrected chi connectivity index (χ2v) is 26.3. The van der Waals surface area contributed by atoms with E-state index in [4.69, 9.17) is 0 Å². The van der Waals surface area contributed by atoms with Crippen LogP contribution in [0.5, 0.6) is 0 Å². The molecule has 0 saturated carbocycles. The number of allylic oxidation sites excluding steroid dienone is 1. The molecule has 4 aromatic carbocycles. The molecule has 3 heterocycles. The van der Waals surface area contributed by atoms with Crippen LogP contribution in [-0.2, 0) is 19.9 Å². The number of sulfonamides is 1. The highest BCUT2D eigenvalue weighted by Gasteiger charge is 2.48. The predicted molar refractivity (Wildman–Crippen MR) is 283 cm³/mol. The largest absolute Gasteiger partial charge is 0.501 e. The van der Waals surface area contributed by atoms with Crippen molar-refractivity contribution in [1.82, 2.24) is 19.4 Å². The molecule has 1 unspecified atom stereocenters. The third kappa shape index (κ3) is 13.0. The van der Waals surface area contributed by atoms with E-state index >= 15 is 0 Å². The highest BCUT2D eigenvalue weighted by atomic mass is 32.2. The number of hydrogen-bond donors (Lipinski definition) is 2. The molecule has 71 heavy (non-hydrogen) atoms. The Labute approximate surface area is 425 Å². The summed E-state index contributed by atoms with van der Waals surface area (Å²) in [5.74, 6) is -0.628. The van der Waals surface area contributed by atoms with E-state index in [0.717, 1.165) is 101 Å². The minimum atomic E-state index is -6.06. The Kier molecular flexibility index (Phi) is 16.1. The molecule has 11 nitrogen and oxygen atoms in total. The van der Waals surface area contributed by atoms with E-state index in [2.05, 4.69) is 89.2 Å². The van der Waals surface area contributed by atoms with E-state index in [1.54, 1.807) is 23.5 Å². The fraction of sp³-hybridized carbons (Fsp3) is 0.453. The molecule has 2 fully saturated rings. The lowest BCUT2D eigenvalue weighted by atomic mass is 9.72. The number of carbonyl (C=O) groups excluding carboxylic acids is 1. The van der Waals surface area contributed by atoms with Gasteiger partial charge in [-0.25, -0.2) is 21.6 Å². The number of hydrogen-bond acceptors (Lipinski definition) is 12. The topological polar surface area (TPSA) is 122 Å². The Morgan fingerprint density at radius 2 is 1.51 bits per heavy atom. The summed E-state index contributed by atoms with van der Waals surface area (Å²) >= 11 is 3.23. The predicted octanol–water partition coefficient (Wildman–Crippen LogP) is 10.5. The molecule has 3 aliphatic rings. The quantitative estimate of drug-likeness (QED) is 0.0919. The first-order chi connectivity index (χ1) is 33.5. The lowest BCUT2D eigenvalue weighted by Crippen LogP contribution is -2.53. The van der Waals surface area contributed by atoms with E-state index in [9.17, 15) is 34.8 Å². The summed E-state index contributed by atoms with van der Waals surface area (Å²) in [6.45, 7) is 19.2. The number of fused-ring (bicyclic) bond motifs is 1. The molecule has 382 valence electrons. The number of thiophene rings is 1. The number of nitrogens with zero attached hydrogens (tertiary/aromatic N) is 4. The van der Waals surface area contributed by atoms with Crippen molar-refractivity contribution in [2.45, 2.75) is 92.1 Å². The standard InChI is InChI=1S/C53H65F3N6O5S4/c1-51(2,3)62-30-26-59(27-31-62)23-20-42(37-69-44-9-7-6-8-10-44)57-47-17-16-45(34-49(47)70(64,65)53(54,55)56)71(66,67)58-50(63)38-11-14-43(15-12-38)61-28-24-60(25-29-61)36-41-35-52(4,5)22-19-46(41)39-13-18-48-40(33-39)21-32-68-48/h6-18,21,32-34,42,57H,19-20,22-31,35-37H2,1-5H3,(H,58,63). The van der Waals surface area contributed by atoms with Crippen LogP contribution in [0.3, 0.4) is 0 Å². The van der Waals surface area contributed by atoms with Crippen molar-refractivity contribution >= 4 is 75.9 Å². The summed E-state index contributed by atoms with van der Waals surface area (Å²) in [4.78, 5) is 21.7. The number of anilines is 2. The molecule has 2 aliphatic heterocycles. The van der Waals surface area contributed by atoms with Crippen LogP contribution in [0, 0.1) is 5.41 Å². The number of thioether (sulfide) groups is 1. The molecule has 1 aliphatic carbocycles. The van der Waals surface area contributed by atoms with Crippen LogP contribution in [-0.4, -0.2) is 126 Å². The van der Waals surface area contributed by atoms with Crippen LogP contribution >= 0.6 is 23.1 Å². The summed E-state index contributed by atoms with van der Waals surface area (Å²) in [7, 11) is -10.9. The maximum Gasteiger partial charge on any atom is 0.501 e. The first kappa shape index (κ1) is 52.9. The molecule has 1 atom stereocenters. The monoisotopic (exact) mass is 1050 g/mol. The molecule has 2 N–H and O–H groups in total. The molecule has 1 aromatic heterocycles. The Morgan fingerprint density at radius 3 is 2.18 bits per heavy atom. The molecular weight excluding hydrogens is 986 g/mol. The van der Waals surface area contributed by atoms with E-state index in [1.165, 1.54) is 50.7 Å². The van der Waals surface area contributed by atoms with Gasteiger partial charge < -0.3 is 15.1 Å². The minimum Gasteiger partial charge on any atom is -0.380 e. The maximum atomic E-state index is 14.3. The zero-order chi connectivity index (χ0) is 50.8. The maximum absolute atomic E-state index is 14.3. The van der Waals surface area contributed by atoms with Crippen molar-refractivity contribution in [3.05, 3.63) is 119 Å². The molecule has 18 heteroatoms. The number of amides is 1. The van der Waals surface area contributed by atoms with Crippen LogP contribution < -0.4 is 14.9 Å². The lowest BCUT2D eigenvalue weighted by molar-refractivity contribution is -0.0435. The van der Waals surface area contributed by atoms with Crippen molar-refractivity contribution < 1.29 is 34.8 Å². The van der Waals surface area contributed by atoms with Crippen molar-refractivity contribution in [2.24, 2.45) is 5.41 Å². The van der Waals surface area contributed by atoms with E-state index in [1.807, 2.05) is 35.1 Å². The summed E-state index contributed by atoms with van der Waals surface area (Å²) in [5.41, 5.74) is -0.732. The Bertz CT molecular complexity index is 2920. The lowest BCUT2D eigenvalue weighted by Gasteiger charge is -2.42. The second-order valence-electron chi connectivity index (χ2n) is 20.7. The number of alkyl halides is 3. The summed E-state index contributed by atoms with van der Waals surface area (Å²) < 4.78 is 100. The van der Waals surface area contributed by atoms with Gasteiger partial charge in [-0.15, -0.1) is 23.1 Å². The summed E-state index contributed by atoms with van der Waals surface area (Å²) in [6.07, 6.45) is 3.72. The van der Waals surface area contributed by atoms with Gasteiger partial charge in [0.2, 0.25) is 0 Å². The number of carbonyl (C=O) groups is 1. The van der Waals surface area contributed by atoms with Gasteiger partial charge in [0.15, 0.2) is 0 Å². The molecule has 0 spiro atoms. The highest BCUT2D eigenvalue weighted by molar-refractivity contribution is 7.99. The van der Waals surface area contributed by atoms with Crippen LogP contribution in [0.4, 0.5) is 24.5 Å². The average molecular weight is 1050 g/mol. The van der Waals surface area contributed by atoms with E-state index in [-0.39, 0.29) is 22.2 Å². The van der Waals surface area contributed by atoms with Crippen molar-refractivity contribution in [1.29, 1.82) is 0 Å². The number of rotatable bonds is 16. The zero-order valence-electron chi connectivity index (χ0n) is 41.1. The van der Waals surface area contributed by atoms with Gasteiger partial charge in [-0.2, -0.15) is 13.2 Å². The number of sulfone groups is 1. The number of nitrogens with one attached hydrogen (secondary N) is 2. The second kappa shape index (κ2) is 21.6. The minimum absolute atomic E-state index is 0.0102. The van der Waals surface area contributed by atoms with E-state index < -0.39 is 47.1 Å². The van der Waals surface area contributed by atoms with Gasteiger partial charge in [-0.3, -0.25) is 14.6 Å². The fourth-order valence-corrected chi connectivity index (χ4v) is 13.6. The van der Waals surface area contributed by atoms with Gasteiger partial charge in [0.05, 0.1) is 10.6 Å². The number of benzene rings is 4. The van der Waals surface area contributed by atoms with Gasteiger partial charge in [0.1, 0.15) is 4.90 Å². The van der Waals surface area contributed by atoms with Crippen molar-refractivity contribution in [3.63, 3.8) is 0 Å². The van der Waals surface area contributed by atoms with Gasteiger partial charge in [-0.05, 0) is 147 Å². The normalized spacial score (nSPS) is 18.5. The fourth-order valence-electron chi connectivity index (χ4n) is 9.81. The molecule has 2 saturated heterocycles. The van der Waals surface area contributed by atoms with Crippen LogP contribution in [0.1, 0.15) is 76.2 Å². The van der Waals surface area contributed by atoms with Crippen LogP contribution in [0.25, 0.3) is 15.7 Å². The van der Waals surface area contributed by atoms with Crippen LogP contribution in [0.15, 0.2) is 123 Å². The Morgan fingerprint density at radius 1 is 0.817 bits per heavy atom. The first-order valence-corrected chi connectivity index (χ1v) is 29.1.